The third-order valence-electron chi connectivity index (χ3n) is 3.11. The van der Waals surface area contributed by atoms with Gasteiger partial charge in [-0.15, -0.1) is 0 Å². The SMILES string of the molecule is CCC(CC)C(=O)N[C@@H](CO)c1cccc(Cl)c1. The van der Waals surface area contributed by atoms with Gasteiger partial charge in [0.1, 0.15) is 0 Å². The molecule has 0 spiro atoms. The summed E-state index contributed by atoms with van der Waals surface area (Å²) in [6, 6.07) is 6.79. The van der Waals surface area contributed by atoms with Gasteiger partial charge >= 0.3 is 0 Å². The Balaban J connectivity index is 2.76. The second-order valence-corrected chi connectivity index (χ2v) is 4.75. The predicted molar refractivity (Wildman–Crippen MR) is 73.5 cm³/mol. The molecule has 1 rings (SSSR count). The predicted octanol–water partition coefficient (Wildman–Crippen LogP) is 2.93. The molecule has 0 aliphatic carbocycles. The van der Waals surface area contributed by atoms with Gasteiger partial charge in [0.05, 0.1) is 12.6 Å². The van der Waals surface area contributed by atoms with Crippen LogP contribution in [0.3, 0.4) is 0 Å². The van der Waals surface area contributed by atoms with Crippen molar-refractivity contribution in [3.05, 3.63) is 34.9 Å². The molecular weight excluding hydrogens is 250 g/mol. The highest BCUT2D eigenvalue weighted by Crippen LogP contribution is 2.18. The smallest absolute Gasteiger partial charge is 0.223 e. The lowest BCUT2D eigenvalue weighted by Gasteiger charge is -2.20. The second-order valence-electron chi connectivity index (χ2n) is 4.31. The van der Waals surface area contributed by atoms with Crippen molar-refractivity contribution in [3.63, 3.8) is 0 Å². The van der Waals surface area contributed by atoms with Crippen LogP contribution in [0.15, 0.2) is 24.3 Å². The minimum Gasteiger partial charge on any atom is -0.394 e. The van der Waals surface area contributed by atoms with Crippen molar-refractivity contribution in [1.82, 2.24) is 5.32 Å². The van der Waals surface area contributed by atoms with E-state index in [9.17, 15) is 9.90 Å². The summed E-state index contributed by atoms with van der Waals surface area (Å²) < 4.78 is 0. The van der Waals surface area contributed by atoms with Gasteiger partial charge in [-0.3, -0.25) is 4.79 Å². The van der Waals surface area contributed by atoms with Crippen LogP contribution in [0.25, 0.3) is 0 Å². The van der Waals surface area contributed by atoms with Crippen LogP contribution in [0.5, 0.6) is 0 Å². The zero-order chi connectivity index (χ0) is 13.5. The van der Waals surface area contributed by atoms with E-state index in [-0.39, 0.29) is 18.4 Å². The van der Waals surface area contributed by atoms with Crippen LogP contribution in [0.1, 0.15) is 38.3 Å². The van der Waals surface area contributed by atoms with Crippen LogP contribution < -0.4 is 5.32 Å². The van der Waals surface area contributed by atoms with E-state index < -0.39 is 6.04 Å². The zero-order valence-electron chi connectivity index (χ0n) is 10.8. The molecule has 0 aliphatic heterocycles. The summed E-state index contributed by atoms with van der Waals surface area (Å²) in [4.78, 5) is 12.0. The first-order chi connectivity index (χ1) is 8.62. The van der Waals surface area contributed by atoms with Crippen molar-refractivity contribution < 1.29 is 9.90 Å². The molecular formula is C14H20ClNO2. The Morgan fingerprint density at radius 3 is 2.56 bits per heavy atom. The Hall–Kier alpha value is -1.06. The Labute approximate surface area is 113 Å². The zero-order valence-corrected chi connectivity index (χ0v) is 11.6. The second kappa shape index (κ2) is 7.39. The van der Waals surface area contributed by atoms with Gasteiger partial charge in [-0.05, 0) is 30.5 Å². The maximum atomic E-state index is 12.0. The Morgan fingerprint density at radius 1 is 1.39 bits per heavy atom. The van der Waals surface area contributed by atoms with Gasteiger partial charge in [0, 0.05) is 10.9 Å². The number of carbonyl (C=O) groups excluding carboxylic acids is 1. The number of halogens is 1. The lowest BCUT2D eigenvalue weighted by atomic mass is 10.0. The quantitative estimate of drug-likeness (QED) is 0.834. The molecule has 1 aromatic carbocycles. The summed E-state index contributed by atoms with van der Waals surface area (Å²) in [5.41, 5.74) is 0.823. The highest BCUT2D eigenvalue weighted by atomic mass is 35.5. The molecule has 1 atom stereocenters. The Kier molecular flexibility index (Phi) is 6.16. The average molecular weight is 270 g/mol. The van der Waals surface area contributed by atoms with E-state index in [2.05, 4.69) is 5.32 Å². The molecule has 0 saturated carbocycles. The monoisotopic (exact) mass is 269 g/mol. The third kappa shape index (κ3) is 4.00. The molecule has 0 unspecified atom stereocenters. The molecule has 2 N–H and O–H groups in total. The normalized spacial score (nSPS) is 12.5. The molecule has 4 heteroatoms. The fourth-order valence-electron chi connectivity index (χ4n) is 1.91. The molecule has 3 nitrogen and oxygen atoms in total. The van der Waals surface area contributed by atoms with Gasteiger partial charge in [-0.25, -0.2) is 0 Å². The van der Waals surface area contributed by atoms with Crippen LogP contribution in [0.4, 0.5) is 0 Å². The van der Waals surface area contributed by atoms with Crippen LogP contribution in [-0.4, -0.2) is 17.6 Å². The fraction of sp³-hybridized carbons (Fsp3) is 0.500. The number of hydrogen-bond donors (Lipinski definition) is 2. The lowest BCUT2D eigenvalue weighted by Crippen LogP contribution is -2.35. The summed E-state index contributed by atoms with van der Waals surface area (Å²) in [5.74, 6) is -0.0164. The van der Waals surface area contributed by atoms with Gasteiger partial charge in [-0.2, -0.15) is 0 Å². The summed E-state index contributed by atoms with van der Waals surface area (Å²) in [6.45, 7) is 3.84. The van der Waals surface area contributed by atoms with Crippen molar-refractivity contribution in [2.24, 2.45) is 5.92 Å². The first kappa shape index (κ1) is 15.0. The fourth-order valence-corrected chi connectivity index (χ4v) is 2.11. The summed E-state index contributed by atoms with van der Waals surface area (Å²) in [6.07, 6.45) is 1.60. The van der Waals surface area contributed by atoms with E-state index >= 15 is 0 Å². The summed E-state index contributed by atoms with van der Waals surface area (Å²) in [7, 11) is 0. The topological polar surface area (TPSA) is 49.3 Å². The Bertz CT molecular complexity index is 391. The van der Waals surface area contributed by atoms with Gasteiger partial charge < -0.3 is 10.4 Å². The molecule has 18 heavy (non-hydrogen) atoms. The number of carbonyl (C=O) groups is 1. The van der Waals surface area contributed by atoms with Crippen molar-refractivity contribution in [2.45, 2.75) is 32.7 Å². The van der Waals surface area contributed by atoms with Crippen LogP contribution in [-0.2, 0) is 4.79 Å². The van der Waals surface area contributed by atoms with Gasteiger partial charge in [0.15, 0.2) is 0 Å². The van der Waals surface area contributed by atoms with E-state index in [1.54, 1.807) is 12.1 Å². The first-order valence-electron chi connectivity index (χ1n) is 6.29. The highest BCUT2D eigenvalue weighted by Gasteiger charge is 2.19. The number of rotatable bonds is 6. The molecule has 100 valence electrons. The summed E-state index contributed by atoms with van der Waals surface area (Å²) in [5, 5.41) is 12.9. The lowest BCUT2D eigenvalue weighted by molar-refractivity contribution is -0.126. The van der Waals surface area contributed by atoms with Crippen LogP contribution in [0.2, 0.25) is 5.02 Å². The minimum absolute atomic E-state index is 0.00164. The van der Waals surface area contributed by atoms with Crippen LogP contribution >= 0.6 is 11.6 Å². The standard InChI is InChI=1S/C14H20ClNO2/c1-3-10(4-2)14(18)16-13(9-17)11-6-5-7-12(15)8-11/h5-8,10,13,17H,3-4,9H2,1-2H3,(H,16,18)/t13-/m0/s1. The molecule has 0 fully saturated rings. The number of aliphatic hydroxyl groups excluding tert-OH is 1. The number of nitrogens with one attached hydrogen (secondary N) is 1. The van der Waals surface area contributed by atoms with Crippen molar-refractivity contribution in [1.29, 1.82) is 0 Å². The number of benzene rings is 1. The van der Waals surface area contributed by atoms with E-state index in [0.717, 1.165) is 18.4 Å². The maximum absolute atomic E-state index is 12.0. The molecule has 0 aromatic heterocycles. The highest BCUT2D eigenvalue weighted by molar-refractivity contribution is 6.30. The van der Waals surface area contributed by atoms with E-state index in [1.165, 1.54) is 0 Å². The number of hydrogen-bond acceptors (Lipinski definition) is 2. The number of aliphatic hydroxyl groups is 1. The van der Waals surface area contributed by atoms with E-state index in [0.29, 0.717) is 5.02 Å². The molecule has 0 radical (unpaired) electrons. The van der Waals surface area contributed by atoms with Crippen molar-refractivity contribution in [2.75, 3.05) is 6.61 Å². The minimum atomic E-state index is -0.392. The number of amides is 1. The van der Waals surface area contributed by atoms with Gasteiger partial charge in [0.2, 0.25) is 5.91 Å². The molecule has 0 heterocycles. The van der Waals surface area contributed by atoms with Crippen molar-refractivity contribution in [3.8, 4) is 0 Å². The first-order valence-corrected chi connectivity index (χ1v) is 6.66. The van der Waals surface area contributed by atoms with Crippen molar-refractivity contribution >= 4 is 17.5 Å². The average Bonchev–Trinajstić information content (AvgIpc) is 2.37. The van der Waals surface area contributed by atoms with Gasteiger partial charge in [-0.1, -0.05) is 37.6 Å². The summed E-state index contributed by atoms with van der Waals surface area (Å²) >= 11 is 5.91. The molecule has 1 aromatic rings. The van der Waals surface area contributed by atoms with Gasteiger partial charge in [0.25, 0.3) is 0 Å². The molecule has 0 saturated heterocycles. The van der Waals surface area contributed by atoms with E-state index in [4.69, 9.17) is 11.6 Å². The molecule has 0 aliphatic rings. The van der Waals surface area contributed by atoms with Crippen LogP contribution in [0, 0.1) is 5.92 Å². The molecule has 1 amide bonds. The Morgan fingerprint density at radius 2 is 2.06 bits per heavy atom. The van der Waals surface area contributed by atoms with E-state index in [1.807, 2.05) is 26.0 Å². The third-order valence-corrected chi connectivity index (χ3v) is 3.34. The molecule has 0 bridgehead atoms. The largest absolute Gasteiger partial charge is 0.394 e. The maximum Gasteiger partial charge on any atom is 0.223 e.